The van der Waals surface area contributed by atoms with Crippen LogP contribution in [0.3, 0.4) is 0 Å². The minimum Gasteiger partial charge on any atom is -0.383 e. The Balaban J connectivity index is 2.12. The molecule has 1 aromatic rings. The topological polar surface area (TPSA) is 20.5 Å². The Morgan fingerprint density at radius 2 is 2.00 bits per heavy atom. The Labute approximate surface area is 95.7 Å². The summed E-state index contributed by atoms with van der Waals surface area (Å²) in [4.78, 5) is 2.03. The Morgan fingerprint density at radius 3 is 2.69 bits per heavy atom. The summed E-state index contributed by atoms with van der Waals surface area (Å²) in [5.74, 6) is 0. The molecule has 1 aliphatic carbocycles. The van der Waals surface area contributed by atoms with Gasteiger partial charge in [-0.15, -0.1) is 0 Å². The molecule has 3 nitrogen and oxygen atoms in total. The van der Waals surface area contributed by atoms with Crippen LogP contribution < -0.4 is 0 Å². The van der Waals surface area contributed by atoms with E-state index in [9.17, 15) is 0 Å². The number of aromatic nitrogens is 1. The van der Waals surface area contributed by atoms with Crippen molar-refractivity contribution in [2.24, 2.45) is 5.10 Å². The van der Waals surface area contributed by atoms with Gasteiger partial charge in [0.25, 0.3) is 0 Å². The lowest BCUT2D eigenvalue weighted by Gasteiger charge is -2.07. The highest BCUT2D eigenvalue weighted by Crippen LogP contribution is 2.16. The van der Waals surface area contributed by atoms with E-state index in [1.807, 2.05) is 55.8 Å². The molecule has 1 aromatic heterocycles. The van der Waals surface area contributed by atoms with Gasteiger partial charge in [-0.2, -0.15) is 5.10 Å². The molecule has 0 fully saturated rings. The summed E-state index contributed by atoms with van der Waals surface area (Å²) in [7, 11) is 4.03. The fourth-order valence-corrected chi connectivity index (χ4v) is 1.49. The van der Waals surface area contributed by atoms with E-state index >= 15 is 0 Å². The summed E-state index contributed by atoms with van der Waals surface area (Å²) < 4.78 is 1.78. The number of hydrogen-bond acceptors (Lipinski definition) is 2. The van der Waals surface area contributed by atoms with Gasteiger partial charge in [-0.3, -0.25) is 0 Å². The van der Waals surface area contributed by atoms with E-state index in [0.29, 0.717) is 0 Å². The van der Waals surface area contributed by atoms with Crippen LogP contribution in [-0.4, -0.2) is 29.9 Å². The highest BCUT2D eigenvalue weighted by atomic mass is 15.3. The molecule has 1 aliphatic rings. The second-order valence-electron chi connectivity index (χ2n) is 3.84. The lowest BCUT2D eigenvalue weighted by molar-refractivity contribution is 0.561. The molecule has 0 aromatic carbocycles. The first-order chi connectivity index (χ1) is 7.75. The van der Waals surface area contributed by atoms with E-state index in [-0.39, 0.29) is 0 Å². The number of hydrogen-bond donors (Lipinski definition) is 0. The summed E-state index contributed by atoms with van der Waals surface area (Å²) in [6, 6.07) is 3.91. The standard InChI is InChI=1S/C13H15N3/c1-15(2)11-13-7-5-6-12(13)10-14-16-8-3-4-9-16/h3-11H,1-2H3/b13-11-,14-10+. The van der Waals surface area contributed by atoms with Gasteiger partial charge in [0.1, 0.15) is 0 Å². The molecular formula is C13H15N3. The third-order valence-electron chi connectivity index (χ3n) is 2.20. The van der Waals surface area contributed by atoms with Crippen molar-refractivity contribution in [2.45, 2.75) is 0 Å². The minimum atomic E-state index is 1.13. The summed E-state index contributed by atoms with van der Waals surface area (Å²) in [6.45, 7) is 0. The van der Waals surface area contributed by atoms with Crippen LogP contribution in [0, 0.1) is 0 Å². The van der Waals surface area contributed by atoms with Crippen LogP contribution in [0.25, 0.3) is 0 Å². The van der Waals surface area contributed by atoms with Crippen LogP contribution >= 0.6 is 0 Å². The molecular weight excluding hydrogens is 198 g/mol. The zero-order chi connectivity index (χ0) is 11.4. The third kappa shape index (κ3) is 2.51. The van der Waals surface area contributed by atoms with Crippen molar-refractivity contribution in [3.8, 4) is 0 Å². The summed E-state index contributed by atoms with van der Waals surface area (Å²) in [5, 5.41) is 4.33. The fourth-order valence-electron chi connectivity index (χ4n) is 1.49. The van der Waals surface area contributed by atoms with Crippen LogP contribution in [0.15, 0.2) is 65.2 Å². The van der Waals surface area contributed by atoms with Crippen LogP contribution in [-0.2, 0) is 0 Å². The zero-order valence-corrected chi connectivity index (χ0v) is 9.54. The second kappa shape index (κ2) is 4.66. The van der Waals surface area contributed by atoms with Crippen LogP contribution in [0.4, 0.5) is 0 Å². The summed E-state index contributed by atoms with van der Waals surface area (Å²) in [6.07, 6.45) is 13.9. The van der Waals surface area contributed by atoms with E-state index < -0.39 is 0 Å². The molecule has 0 aliphatic heterocycles. The molecule has 82 valence electrons. The Bertz CT molecular complexity index is 459. The first-order valence-corrected chi connectivity index (χ1v) is 5.20. The monoisotopic (exact) mass is 213 g/mol. The summed E-state index contributed by atoms with van der Waals surface area (Å²) in [5.41, 5.74) is 2.31. The van der Waals surface area contributed by atoms with Crippen molar-refractivity contribution in [1.82, 2.24) is 9.58 Å². The van der Waals surface area contributed by atoms with Crippen molar-refractivity contribution < 1.29 is 0 Å². The van der Waals surface area contributed by atoms with E-state index in [2.05, 4.69) is 23.5 Å². The quantitative estimate of drug-likeness (QED) is 0.705. The lowest BCUT2D eigenvalue weighted by Crippen LogP contribution is -2.03. The van der Waals surface area contributed by atoms with Gasteiger partial charge in [0.2, 0.25) is 0 Å². The van der Waals surface area contributed by atoms with Crippen molar-refractivity contribution in [2.75, 3.05) is 14.1 Å². The van der Waals surface area contributed by atoms with E-state index in [0.717, 1.165) is 5.57 Å². The normalized spacial score (nSPS) is 17.4. The Hall–Kier alpha value is -2.03. The second-order valence-corrected chi connectivity index (χ2v) is 3.84. The predicted molar refractivity (Wildman–Crippen MR) is 67.3 cm³/mol. The van der Waals surface area contributed by atoms with E-state index in [4.69, 9.17) is 0 Å². The Morgan fingerprint density at radius 1 is 1.25 bits per heavy atom. The van der Waals surface area contributed by atoms with E-state index in [1.165, 1.54) is 5.57 Å². The maximum atomic E-state index is 4.33. The minimum absolute atomic E-state index is 1.13. The first kappa shape index (κ1) is 10.5. The van der Waals surface area contributed by atoms with Gasteiger partial charge in [-0.25, -0.2) is 4.68 Å². The van der Waals surface area contributed by atoms with Crippen molar-refractivity contribution >= 4 is 6.21 Å². The fraction of sp³-hybridized carbons (Fsp3) is 0.154. The Kier molecular flexibility index (Phi) is 3.05. The first-order valence-electron chi connectivity index (χ1n) is 5.20. The molecule has 0 unspecified atom stereocenters. The van der Waals surface area contributed by atoms with Gasteiger partial charge in [-0.1, -0.05) is 18.2 Å². The average Bonchev–Trinajstić information content (AvgIpc) is 2.84. The zero-order valence-electron chi connectivity index (χ0n) is 9.54. The smallest absolute Gasteiger partial charge is 0.0557 e. The maximum Gasteiger partial charge on any atom is 0.0557 e. The molecule has 0 saturated heterocycles. The lowest BCUT2D eigenvalue weighted by atomic mass is 10.2. The molecule has 1 heterocycles. The molecule has 0 atom stereocenters. The molecule has 2 rings (SSSR count). The van der Waals surface area contributed by atoms with Crippen molar-refractivity contribution in [3.63, 3.8) is 0 Å². The number of rotatable bonds is 3. The molecule has 0 amide bonds. The van der Waals surface area contributed by atoms with Gasteiger partial charge in [-0.05, 0) is 17.7 Å². The van der Waals surface area contributed by atoms with Gasteiger partial charge in [0.15, 0.2) is 0 Å². The van der Waals surface area contributed by atoms with Gasteiger partial charge in [0, 0.05) is 38.3 Å². The predicted octanol–water partition coefficient (Wildman–Crippen LogP) is 2.26. The maximum absolute atomic E-state index is 4.33. The molecule has 0 N–H and O–H groups in total. The number of allylic oxidation sites excluding steroid dienone is 5. The van der Waals surface area contributed by atoms with Gasteiger partial charge < -0.3 is 4.90 Å². The number of nitrogens with zero attached hydrogens (tertiary/aromatic N) is 3. The van der Waals surface area contributed by atoms with Crippen LogP contribution in [0.1, 0.15) is 0 Å². The van der Waals surface area contributed by atoms with Gasteiger partial charge >= 0.3 is 0 Å². The largest absolute Gasteiger partial charge is 0.383 e. The van der Waals surface area contributed by atoms with Crippen LogP contribution in [0.2, 0.25) is 0 Å². The molecule has 0 saturated carbocycles. The van der Waals surface area contributed by atoms with Crippen LogP contribution in [0.5, 0.6) is 0 Å². The van der Waals surface area contributed by atoms with E-state index in [1.54, 1.807) is 4.68 Å². The highest BCUT2D eigenvalue weighted by Gasteiger charge is 2.03. The average molecular weight is 213 g/mol. The van der Waals surface area contributed by atoms with Gasteiger partial charge in [0.05, 0.1) is 6.21 Å². The molecule has 0 bridgehead atoms. The molecule has 3 heteroatoms. The van der Waals surface area contributed by atoms with Crippen molar-refractivity contribution in [3.05, 3.63) is 60.1 Å². The third-order valence-corrected chi connectivity index (χ3v) is 2.20. The summed E-state index contributed by atoms with van der Waals surface area (Å²) >= 11 is 0. The SMILES string of the molecule is CN(C)/C=C1/C=CC=C1/C=N/n1cccc1. The van der Waals surface area contributed by atoms with Crippen molar-refractivity contribution in [1.29, 1.82) is 0 Å². The highest BCUT2D eigenvalue weighted by molar-refractivity contribution is 5.88. The molecule has 16 heavy (non-hydrogen) atoms. The molecule has 0 spiro atoms. The molecule has 0 radical (unpaired) electrons.